The Balaban J connectivity index is 1.82. The Morgan fingerprint density at radius 2 is 2.00 bits per heavy atom. The maximum absolute atomic E-state index is 8.78. The Morgan fingerprint density at radius 1 is 1.18 bits per heavy atom. The van der Waals surface area contributed by atoms with Crippen LogP contribution in [0.3, 0.4) is 0 Å². The first-order chi connectivity index (χ1) is 5.38. The predicted octanol–water partition coefficient (Wildman–Crippen LogP) is 2.59. The second-order valence-electron chi connectivity index (χ2n) is 3.79. The molecule has 0 aromatic carbocycles. The van der Waals surface area contributed by atoms with Crippen molar-refractivity contribution in [3.8, 4) is 0 Å². The number of hydrogen-bond acceptors (Lipinski definition) is 1. The lowest BCUT2D eigenvalue weighted by molar-refractivity contribution is 0.267. The molecule has 2 atom stereocenters. The van der Waals surface area contributed by atoms with Gasteiger partial charge in [0, 0.05) is 6.61 Å². The van der Waals surface area contributed by atoms with Crippen molar-refractivity contribution in [3.63, 3.8) is 0 Å². The monoisotopic (exact) mass is 156 g/mol. The van der Waals surface area contributed by atoms with Crippen LogP contribution in [0.1, 0.15) is 45.4 Å². The van der Waals surface area contributed by atoms with Crippen molar-refractivity contribution in [2.45, 2.75) is 45.4 Å². The number of hydrogen-bond donors (Lipinski definition) is 1. The number of aliphatic hydroxyl groups is 1. The third-order valence-corrected chi connectivity index (χ3v) is 2.73. The Kier molecular flexibility index (Phi) is 3.92. The molecule has 0 heterocycles. The summed E-state index contributed by atoms with van der Waals surface area (Å²) in [6.45, 7) is 2.67. The van der Waals surface area contributed by atoms with E-state index in [1.165, 1.54) is 38.5 Å². The van der Waals surface area contributed by atoms with Crippen molar-refractivity contribution >= 4 is 0 Å². The summed E-state index contributed by atoms with van der Waals surface area (Å²) in [6.07, 6.45) is 8.15. The van der Waals surface area contributed by atoms with Crippen LogP contribution in [-0.4, -0.2) is 11.7 Å². The molecule has 1 nitrogen and oxygen atoms in total. The maximum atomic E-state index is 8.78. The van der Waals surface area contributed by atoms with E-state index in [1.54, 1.807) is 0 Å². The molecule has 0 spiro atoms. The summed E-state index contributed by atoms with van der Waals surface area (Å²) in [7, 11) is 0. The van der Waals surface area contributed by atoms with Crippen molar-refractivity contribution in [2.75, 3.05) is 6.61 Å². The highest BCUT2D eigenvalue weighted by Gasteiger charge is 2.34. The highest BCUT2D eigenvalue weighted by Crippen LogP contribution is 2.41. The van der Waals surface area contributed by atoms with Crippen LogP contribution >= 0.6 is 0 Å². The van der Waals surface area contributed by atoms with Crippen LogP contribution in [0.15, 0.2) is 0 Å². The predicted molar refractivity (Wildman–Crippen MR) is 47.4 cm³/mol. The van der Waals surface area contributed by atoms with Gasteiger partial charge in [-0.3, -0.25) is 0 Å². The Bertz CT molecular complexity index is 101. The first-order valence-corrected chi connectivity index (χ1v) is 4.99. The molecule has 0 aliphatic heterocycles. The van der Waals surface area contributed by atoms with Gasteiger partial charge in [0.1, 0.15) is 0 Å². The van der Waals surface area contributed by atoms with E-state index in [4.69, 9.17) is 5.11 Å². The van der Waals surface area contributed by atoms with Gasteiger partial charge in [-0.15, -0.1) is 0 Å². The topological polar surface area (TPSA) is 20.2 Å². The van der Waals surface area contributed by atoms with Crippen LogP contribution in [0.2, 0.25) is 0 Å². The summed E-state index contributed by atoms with van der Waals surface area (Å²) >= 11 is 0. The second kappa shape index (κ2) is 4.76. The fourth-order valence-electron chi connectivity index (χ4n) is 1.72. The molecular weight excluding hydrogens is 136 g/mol. The summed E-state index contributed by atoms with van der Waals surface area (Å²) in [5, 5.41) is 8.78. The van der Waals surface area contributed by atoms with Crippen molar-refractivity contribution in [2.24, 2.45) is 11.8 Å². The molecule has 1 aliphatic rings. The minimum Gasteiger partial charge on any atom is -0.396 e. The zero-order chi connectivity index (χ0) is 8.10. The average Bonchev–Trinajstić information content (AvgIpc) is 2.77. The second-order valence-corrected chi connectivity index (χ2v) is 3.79. The van der Waals surface area contributed by atoms with Crippen molar-refractivity contribution in [3.05, 3.63) is 0 Å². The highest BCUT2D eigenvalue weighted by molar-refractivity contribution is 4.84. The third-order valence-electron chi connectivity index (χ3n) is 2.73. The van der Waals surface area contributed by atoms with Crippen molar-refractivity contribution in [1.29, 1.82) is 0 Å². The molecule has 1 saturated carbocycles. The first-order valence-electron chi connectivity index (χ1n) is 4.99. The van der Waals surface area contributed by atoms with Gasteiger partial charge < -0.3 is 5.11 Å². The van der Waals surface area contributed by atoms with E-state index in [-0.39, 0.29) is 0 Å². The molecule has 66 valence electrons. The minimum atomic E-state index is 0.429. The first kappa shape index (κ1) is 9.05. The average molecular weight is 156 g/mol. The fourth-order valence-corrected chi connectivity index (χ4v) is 1.72. The summed E-state index contributed by atoms with van der Waals surface area (Å²) < 4.78 is 0. The van der Waals surface area contributed by atoms with E-state index in [1.807, 2.05) is 0 Å². The van der Waals surface area contributed by atoms with Gasteiger partial charge in [-0.05, 0) is 18.3 Å². The molecule has 0 bridgehead atoms. The molecule has 0 aromatic heterocycles. The van der Waals surface area contributed by atoms with E-state index in [0.717, 1.165) is 5.92 Å². The van der Waals surface area contributed by atoms with Gasteiger partial charge in [-0.2, -0.15) is 0 Å². The van der Waals surface area contributed by atoms with Crippen LogP contribution in [0.25, 0.3) is 0 Å². The summed E-state index contributed by atoms with van der Waals surface area (Å²) in [6, 6.07) is 0. The molecule has 1 fully saturated rings. The molecular formula is C10H20O. The number of aliphatic hydroxyl groups excluding tert-OH is 1. The largest absolute Gasteiger partial charge is 0.396 e. The highest BCUT2D eigenvalue weighted by atomic mass is 16.3. The van der Waals surface area contributed by atoms with Gasteiger partial charge in [0.2, 0.25) is 0 Å². The smallest absolute Gasteiger partial charge is 0.0462 e. The van der Waals surface area contributed by atoms with Gasteiger partial charge >= 0.3 is 0 Å². The van der Waals surface area contributed by atoms with E-state index in [0.29, 0.717) is 12.5 Å². The molecule has 1 rings (SSSR count). The molecule has 1 N–H and O–H groups in total. The number of unbranched alkanes of at least 4 members (excludes halogenated alkanes) is 3. The summed E-state index contributed by atoms with van der Waals surface area (Å²) in [4.78, 5) is 0. The Hall–Kier alpha value is -0.0400. The lowest BCUT2D eigenvalue weighted by Gasteiger charge is -1.97. The van der Waals surface area contributed by atoms with Crippen LogP contribution in [0.4, 0.5) is 0 Å². The van der Waals surface area contributed by atoms with Crippen LogP contribution in [-0.2, 0) is 0 Å². The molecule has 0 saturated heterocycles. The molecule has 0 amide bonds. The third kappa shape index (κ3) is 3.24. The number of rotatable bonds is 6. The van der Waals surface area contributed by atoms with Gasteiger partial charge in [0.25, 0.3) is 0 Å². The molecule has 1 aliphatic carbocycles. The molecule has 0 aromatic rings. The van der Waals surface area contributed by atoms with E-state index in [2.05, 4.69) is 6.92 Å². The van der Waals surface area contributed by atoms with Crippen molar-refractivity contribution in [1.82, 2.24) is 0 Å². The Morgan fingerprint density at radius 3 is 2.55 bits per heavy atom. The van der Waals surface area contributed by atoms with Crippen LogP contribution < -0.4 is 0 Å². The SMILES string of the molecule is CCCCCCC1CC1CO. The van der Waals surface area contributed by atoms with Gasteiger partial charge in [0.05, 0.1) is 0 Å². The molecule has 11 heavy (non-hydrogen) atoms. The van der Waals surface area contributed by atoms with Gasteiger partial charge in [0.15, 0.2) is 0 Å². The lowest BCUT2D eigenvalue weighted by Crippen LogP contribution is -1.88. The van der Waals surface area contributed by atoms with Crippen LogP contribution in [0.5, 0.6) is 0 Å². The molecule has 2 unspecified atom stereocenters. The molecule has 1 heteroatoms. The summed E-state index contributed by atoms with van der Waals surface area (Å²) in [5.74, 6) is 1.56. The maximum Gasteiger partial charge on any atom is 0.0462 e. The quantitative estimate of drug-likeness (QED) is 0.586. The zero-order valence-electron chi connectivity index (χ0n) is 7.55. The minimum absolute atomic E-state index is 0.429. The molecule has 0 radical (unpaired) electrons. The van der Waals surface area contributed by atoms with Crippen LogP contribution in [0, 0.1) is 11.8 Å². The lowest BCUT2D eigenvalue weighted by atomic mass is 10.1. The van der Waals surface area contributed by atoms with E-state index >= 15 is 0 Å². The van der Waals surface area contributed by atoms with Crippen molar-refractivity contribution < 1.29 is 5.11 Å². The van der Waals surface area contributed by atoms with Gasteiger partial charge in [-0.1, -0.05) is 39.0 Å². The summed E-state index contributed by atoms with van der Waals surface area (Å²) in [5.41, 5.74) is 0. The van der Waals surface area contributed by atoms with Gasteiger partial charge in [-0.25, -0.2) is 0 Å². The standard InChI is InChI=1S/C10H20O/c1-2-3-4-5-6-9-7-10(9)8-11/h9-11H,2-8H2,1H3. The van der Waals surface area contributed by atoms with E-state index < -0.39 is 0 Å². The fraction of sp³-hybridized carbons (Fsp3) is 1.00. The zero-order valence-corrected chi connectivity index (χ0v) is 7.55. The Labute approximate surface area is 69.8 Å². The van der Waals surface area contributed by atoms with E-state index in [9.17, 15) is 0 Å². The normalized spacial score (nSPS) is 28.9.